The van der Waals surface area contributed by atoms with Gasteiger partial charge in [-0.3, -0.25) is 4.79 Å². The molecule has 0 unspecified atom stereocenters. The molecular formula is C16H26N4O4S. The van der Waals surface area contributed by atoms with Crippen LogP contribution in [0, 0.1) is 0 Å². The van der Waals surface area contributed by atoms with Crippen LogP contribution in [0.4, 0.5) is 0 Å². The maximum atomic E-state index is 12.3. The smallest absolute Gasteiger partial charge is 0.251 e. The summed E-state index contributed by atoms with van der Waals surface area (Å²) in [4.78, 5) is 14.6. The van der Waals surface area contributed by atoms with E-state index in [0.717, 1.165) is 39.1 Å². The Morgan fingerprint density at radius 1 is 1.32 bits per heavy atom. The van der Waals surface area contributed by atoms with E-state index in [4.69, 9.17) is 4.74 Å². The quantitative estimate of drug-likeness (QED) is 0.540. The van der Waals surface area contributed by atoms with E-state index < -0.39 is 10.0 Å². The lowest BCUT2D eigenvalue weighted by molar-refractivity contribution is 0.0951. The fourth-order valence-electron chi connectivity index (χ4n) is 2.68. The summed E-state index contributed by atoms with van der Waals surface area (Å²) in [6.45, 7) is 5.53. The first-order valence-corrected chi connectivity index (χ1v) is 9.79. The number of sulfonamides is 1. The molecule has 0 aliphatic carbocycles. The Morgan fingerprint density at radius 2 is 2.04 bits per heavy atom. The monoisotopic (exact) mass is 370 g/mol. The lowest BCUT2D eigenvalue weighted by Gasteiger charge is -2.27. The summed E-state index contributed by atoms with van der Waals surface area (Å²) < 4.78 is 31.4. The molecular weight excluding hydrogens is 344 g/mol. The first-order chi connectivity index (χ1) is 12.0. The third-order valence-corrected chi connectivity index (χ3v) is 5.57. The van der Waals surface area contributed by atoms with Gasteiger partial charge in [0, 0.05) is 38.3 Å². The van der Waals surface area contributed by atoms with Crippen LogP contribution in [-0.2, 0) is 10.0 Å². The van der Waals surface area contributed by atoms with Crippen molar-refractivity contribution >= 4 is 15.9 Å². The van der Waals surface area contributed by atoms with Crippen LogP contribution in [0.1, 0.15) is 16.8 Å². The fourth-order valence-corrected chi connectivity index (χ4v) is 3.60. The van der Waals surface area contributed by atoms with Crippen molar-refractivity contribution in [1.82, 2.24) is 20.3 Å². The van der Waals surface area contributed by atoms with Gasteiger partial charge in [0.15, 0.2) is 0 Å². The number of methoxy groups -OCH3 is 1. The number of amides is 1. The molecule has 1 saturated heterocycles. The van der Waals surface area contributed by atoms with Gasteiger partial charge >= 0.3 is 0 Å². The minimum atomic E-state index is -3.70. The molecule has 0 spiro atoms. The number of nitrogens with one attached hydrogen (secondary N) is 3. The lowest BCUT2D eigenvalue weighted by atomic mass is 10.2. The van der Waals surface area contributed by atoms with E-state index >= 15 is 0 Å². The van der Waals surface area contributed by atoms with Crippen LogP contribution in [0.3, 0.4) is 0 Å². The van der Waals surface area contributed by atoms with Gasteiger partial charge in [-0.25, -0.2) is 13.1 Å². The number of rotatable bonds is 8. The molecule has 1 aromatic carbocycles. The number of benzene rings is 1. The highest BCUT2D eigenvalue weighted by molar-refractivity contribution is 7.89. The van der Waals surface area contributed by atoms with E-state index in [9.17, 15) is 13.2 Å². The largest absolute Gasteiger partial charge is 0.495 e. The predicted molar refractivity (Wildman–Crippen MR) is 95.5 cm³/mol. The third kappa shape index (κ3) is 5.40. The molecule has 1 aliphatic rings. The predicted octanol–water partition coefficient (Wildman–Crippen LogP) is -0.372. The standard InChI is InChI=1S/C16H26N4O4S/c1-17-25(22,23)15-12-13(4-5-14(15)24-2)16(21)19-6-3-9-20-10-7-18-8-11-20/h4-5,12,17-18H,3,6-11H2,1-2H3,(H,19,21). The van der Waals surface area contributed by atoms with Crippen LogP contribution in [-0.4, -0.2) is 72.7 Å². The summed E-state index contributed by atoms with van der Waals surface area (Å²) in [6, 6.07) is 4.37. The molecule has 1 aliphatic heterocycles. The third-order valence-electron chi connectivity index (χ3n) is 4.13. The molecule has 8 nitrogen and oxygen atoms in total. The van der Waals surface area contributed by atoms with Gasteiger partial charge < -0.3 is 20.3 Å². The average Bonchev–Trinajstić information content (AvgIpc) is 2.65. The van der Waals surface area contributed by atoms with Crippen LogP contribution < -0.4 is 20.1 Å². The van der Waals surface area contributed by atoms with Crippen molar-refractivity contribution in [2.75, 3.05) is 53.4 Å². The van der Waals surface area contributed by atoms with Crippen LogP contribution >= 0.6 is 0 Å². The Labute approximate surface area is 149 Å². The molecule has 0 saturated carbocycles. The summed E-state index contributed by atoms with van der Waals surface area (Å²) in [5.41, 5.74) is 0.289. The number of piperazine rings is 1. The van der Waals surface area contributed by atoms with Crippen molar-refractivity contribution in [3.63, 3.8) is 0 Å². The van der Waals surface area contributed by atoms with E-state index in [1.54, 1.807) is 6.07 Å². The van der Waals surface area contributed by atoms with Gasteiger partial charge in [0.05, 0.1) is 7.11 Å². The molecule has 0 aromatic heterocycles. The Morgan fingerprint density at radius 3 is 2.68 bits per heavy atom. The number of hydrogen-bond donors (Lipinski definition) is 3. The highest BCUT2D eigenvalue weighted by Crippen LogP contribution is 2.24. The van der Waals surface area contributed by atoms with Crippen molar-refractivity contribution < 1.29 is 17.9 Å². The van der Waals surface area contributed by atoms with Gasteiger partial charge in [0.2, 0.25) is 10.0 Å². The van der Waals surface area contributed by atoms with E-state index in [0.29, 0.717) is 6.54 Å². The van der Waals surface area contributed by atoms with Crippen LogP contribution in [0.15, 0.2) is 23.1 Å². The molecule has 0 radical (unpaired) electrons. The first kappa shape index (κ1) is 19.6. The molecule has 0 atom stereocenters. The summed E-state index contributed by atoms with van der Waals surface area (Å²) in [6.07, 6.45) is 0.851. The van der Waals surface area contributed by atoms with Gasteiger partial charge in [-0.2, -0.15) is 0 Å². The van der Waals surface area contributed by atoms with Crippen molar-refractivity contribution in [2.24, 2.45) is 0 Å². The normalized spacial score (nSPS) is 15.8. The topological polar surface area (TPSA) is 99.8 Å². The summed E-state index contributed by atoms with van der Waals surface area (Å²) in [5, 5.41) is 6.14. The van der Waals surface area contributed by atoms with Crippen molar-refractivity contribution in [3.8, 4) is 5.75 Å². The molecule has 3 N–H and O–H groups in total. The minimum absolute atomic E-state index is 0.0500. The maximum absolute atomic E-state index is 12.3. The van der Waals surface area contributed by atoms with Gasteiger partial charge in [0.25, 0.3) is 5.91 Å². The second-order valence-corrected chi connectivity index (χ2v) is 7.63. The molecule has 9 heteroatoms. The molecule has 1 amide bonds. The number of carbonyl (C=O) groups is 1. The van der Waals surface area contributed by atoms with Gasteiger partial charge in [-0.15, -0.1) is 0 Å². The van der Waals surface area contributed by atoms with Crippen LogP contribution in [0.5, 0.6) is 5.75 Å². The highest BCUT2D eigenvalue weighted by Gasteiger charge is 2.20. The zero-order chi connectivity index (χ0) is 18.3. The maximum Gasteiger partial charge on any atom is 0.251 e. The molecule has 1 aromatic rings. The zero-order valence-corrected chi connectivity index (χ0v) is 15.5. The number of ether oxygens (including phenoxy) is 1. The van der Waals surface area contributed by atoms with E-state index in [-0.39, 0.29) is 22.1 Å². The second kappa shape index (κ2) is 9.14. The van der Waals surface area contributed by atoms with Crippen molar-refractivity contribution in [1.29, 1.82) is 0 Å². The molecule has 1 fully saturated rings. The second-order valence-electron chi connectivity index (χ2n) is 5.77. The van der Waals surface area contributed by atoms with E-state index in [1.165, 1.54) is 26.3 Å². The van der Waals surface area contributed by atoms with Gasteiger partial charge in [-0.1, -0.05) is 0 Å². The minimum Gasteiger partial charge on any atom is -0.495 e. The fraction of sp³-hybridized carbons (Fsp3) is 0.562. The SMILES string of the molecule is CNS(=O)(=O)c1cc(C(=O)NCCCN2CCNCC2)ccc1OC. The van der Waals surface area contributed by atoms with Gasteiger partial charge in [-0.05, 0) is 38.2 Å². The Balaban J connectivity index is 1.93. The summed E-state index contributed by atoms with van der Waals surface area (Å²) >= 11 is 0. The lowest BCUT2D eigenvalue weighted by Crippen LogP contribution is -2.44. The molecule has 1 heterocycles. The molecule has 0 bridgehead atoms. The zero-order valence-electron chi connectivity index (χ0n) is 14.7. The molecule has 25 heavy (non-hydrogen) atoms. The summed E-state index contributed by atoms with van der Waals surface area (Å²) in [7, 11) is -0.998. The number of nitrogens with zero attached hydrogens (tertiary/aromatic N) is 1. The highest BCUT2D eigenvalue weighted by atomic mass is 32.2. The Bertz CT molecular complexity index is 687. The number of hydrogen-bond acceptors (Lipinski definition) is 6. The Kier molecular flexibility index (Phi) is 7.18. The molecule has 140 valence electrons. The van der Waals surface area contributed by atoms with Crippen molar-refractivity contribution in [2.45, 2.75) is 11.3 Å². The van der Waals surface area contributed by atoms with Crippen LogP contribution in [0.2, 0.25) is 0 Å². The molecule has 2 rings (SSSR count). The number of carbonyl (C=O) groups excluding carboxylic acids is 1. The van der Waals surface area contributed by atoms with Crippen LogP contribution in [0.25, 0.3) is 0 Å². The average molecular weight is 370 g/mol. The first-order valence-electron chi connectivity index (χ1n) is 8.31. The van der Waals surface area contributed by atoms with Gasteiger partial charge in [0.1, 0.15) is 10.6 Å². The van der Waals surface area contributed by atoms with Crippen molar-refractivity contribution in [3.05, 3.63) is 23.8 Å². The van der Waals surface area contributed by atoms with E-state index in [1.807, 2.05) is 0 Å². The van der Waals surface area contributed by atoms with E-state index in [2.05, 4.69) is 20.3 Å². The Hall–Kier alpha value is -1.68. The summed E-state index contributed by atoms with van der Waals surface area (Å²) in [5.74, 6) is -0.0971.